The summed E-state index contributed by atoms with van der Waals surface area (Å²) in [7, 11) is 0. The zero-order valence-electron chi connectivity index (χ0n) is 44.2. The molecule has 3 aliphatic carbocycles. The van der Waals surface area contributed by atoms with Crippen molar-refractivity contribution >= 4 is 0 Å². The van der Waals surface area contributed by atoms with Crippen molar-refractivity contribution in [3.05, 3.63) is 226 Å². The largest absolute Gasteiger partial charge is 0.374 e. The summed E-state index contributed by atoms with van der Waals surface area (Å²) in [6.07, 6.45) is -5.63. The van der Waals surface area contributed by atoms with Crippen molar-refractivity contribution in [3.8, 4) is 0 Å². The highest BCUT2D eigenvalue weighted by atomic mass is 16.8. The molecular weight excluding hydrogens is 971 g/mol. The van der Waals surface area contributed by atoms with Crippen LogP contribution in [0.25, 0.3) is 10.4 Å². The van der Waals surface area contributed by atoms with E-state index in [0.717, 1.165) is 46.2 Å². The number of fused-ring (bicyclic) bond motifs is 4. The predicted octanol–water partition coefficient (Wildman–Crippen LogP) is 12.3. The molecule has 13 heteroatoms. The molecule has 1 unspecified atom stereocenters. The van der Waals surface area contributed by atoms with Crippen LogP contribution in [0, 0.1) is 16.7 Å². The van der Waals surface area contributed by atoms with Gasteiger partial charge in [-0.25, -0.2) is 0 Å². The zero-order chi connectivity index (χ0) is 52.7. The highest BCUT2D eigenvalue weighted by Crippen LogP contribution is 2.73. The Kier molecular flexibility index (Phi) is 16.7. The summed E-state index contributed by atoms with van der Waals surface area (Å²) in [6, 6.07) is 59.1. The van der Waals surface area contributed by atoms with E-state index >= 15 is 0 Å². The van der Waals surface area contributed by atoms with E-state index in [1.54, 1.807) is 0 Å². The van der Waals surface area contributed by atoms with Crippen LogP contribution >= 0.6 is 0 Å². The summed E-state index contributed by atoms with van der Waals surface area (Å²) >= 11 is 0. The number of nitrogens with zero attached hydrogens (tertiary/aromatic N) is 3. The van der Waals surface area contributed by atoms with Crippen LogP contribution in [0.1, 0.15) is 73.4 Å². The topological polar surface area (TPSA) is 141 Å². The highest BCUT2D eigenvalue weighted by molar-refractivity contribution is 5.23. The molecule has 13 nitrogen and oxygen atoms in total. The smallest absolute Gasteiger partial charge is 0.175 e. The highest BCUT2D eigenvalue weighted by Gasteiger charge is 2.76. The van der Waals surface area contributed by atoms with Crippen molar-refractivity contribution in [1.82, 2.24) is 0 Å². The Morgan fingerprint density at radius 2 is 0.883 bits per heavy atom. The van der Waals surface area contributed by atoms with E-state index in [4.69, 9.17) is 47.4 Å². The van der Waals surface area contributed by atoms with Gasteiger partial charge in [-0.15, -0.1) is 0 Å². The third kappa shape index (κ3) is 11.4. The summed E-state index contributed by atoms with van der Waals surface area (Å²) < 4.78 is 72.2. The first kappa shape index (κ1) is 53.2. The maximum Gasteiger partial charge on any atom is 0.175 e. The first-order valence-electron chi connectivity index (χ1n) is 27.3. The van der Waals surface area contributed by atoms with E-state index in [0.29, 0.717) is 25.6 Å². The minimum atomic E-state index is -1.23. The standard InChI is InChI=1S/C64H71N3O10/c1-62(2)50-34-35-63(62,3)64(36-50)76-59-57(73-42-49-32-20-9-21-33-49)55(71-40-47-28-16-7-17-29-47)56(72-41-48-30-18-8-19-31-48)58(60(59)77-64)75-61-52(66-67-65)54(70-39-46-26-14-6-15-27-46)53(69-38-45-24-12-5-13-25-45)51(74-61)43-68-37-44-22-10-4-11-23-44/h4-33,50-61H,34-43H2,1-3H3/t50-,51+,52+,53+,54+,55-,56-,57+,58+,59+,60-,61+,63-,64?/m0/s1. The molecule has 0 N–H and O–H groups in total. The van der Waals surface area contributed by atoms with E-state index in [1.165, 1.54) is 0 Å². The molecule has 0 aromatic heterocycles. The molecule has 402 valence electrons. The van der Waals surface area contributed by atoms with Crippen LogP contribution in [0.5, 0.6) is 0 Å². The fraction of sp³-hybridized carbons (Fsp3) is 0.438. The molecule has 2 heterocycles. The monoisotopic (exact) mass is 1040 g/mol. The lowest BCUT2D eigenvalue weighted by Crippen LogP contribution is -2.68. The molecule has 3 saturated carbocycles. The SMILES string of the molecule is CC1(C)[C@H]2CC[C@]1(C)C1(C2)O[C@@H]2[C@H](OCc3ccccc3)[C@@H](OCc3ccccc3)[C@H](OCc3ccccc3)[C@@H](O[C@H]3O[C@H](COCc4ccccc4)[C@@H](OCc4ccccc4)[C@H](OCc4ccccc4)[C@H]3N=[N+]=[N-])[C@@H]2O1. The lowest BCUT2D eigenvalue weighted by atomic mass is 9.68. The fourth-order valence-electron chi connectivity index (χ4n) is 12.7. The van der Waals surface area contributed by atoms with Gasteiger partial charge >= 0.3 is 0 Å². The van der Waals surface area contributed by atoms with Gasteiger partial charge in [0.25, 0.3) is 0 Å². The zero-order valence-corrected chi connectivity index (χ0v) is 44.2. The van der Waals surface area contributed by atoms with Crippen LogP contribution in [-0.4, -0.2) is 79.7 Å². The average Bonchev–Trinajstić information content (AvgIpc) is 4.22. The number of hydrogen-bond acceptors (Lipinski definition) is 11. The Labute approximate surface area is 452 Å². The van der Waals surface area contributed by atoms with Gasteiger partial charge in [-0.3, -0.25) is 0 Å². The van der Waals surface area contributed by atoms with Crippen molar-refractivity contribution in [2.75, 3.05) is 6.61 Å². The Balaban J connectivity index is 1.01. The van der Waals surface area contributed by atoms with Crippen molar-refractivity contribution in [3.63, 3.8) is 0 Å². The second-order valence-corrected chi connectivity index (χ2v) is 22.1. The lowest BCUT2D eigenvalue weighted by Gasteiger charge is -2.50. The summed E-state index contributed by atoms with van der Waals surface area (Å²) in [5.74, 6) is -0.611. The Hall–Kier alpha value is -5.77. The summed E-state index contributed by atoms with van der Waals surface area (Å²) in [5, 5.41) is 4.52. The molecular formula is C64H71N3O10. The molecule has 0 radical (unpaired) electrons. The first-order chi connectivity index (χ1) is 37.7. The van der Waals surface area contributed by atoms with Gasteiger partial charge in [0, 0.05) is 16.7 Å². The van der Waals surface area contributed by atoms with E-state index in [2.05, 4.69) is 42.9 Å². The first-order valence-corrected chi connectivity index (χ1v) is 27.3. The van der Waals surface area contributed by atoms with Gasteiger partial charge in [-0.05, 0) is 63.1 Å². The van der Waals surface area contributed by atoms with Crippen LogP contribution < -0.4 is 0 Å². The predicted molar refractivity (Wildman–Crippen MR) is 289 cm³/mol. The molecule has 5 fully saturated rings. The molecule has 14 atom stereocenters. The van der Waals surface area contributed by atoms with Crippen molar-refractivity contribution in [2.45, 2.75) is 153 Å². The van der Waals surface area contributed by atoms with Crippen LogP contribution in [0.2, 0.25) is 0 Å². The van der Waals surface area contributed by atoms with Gasteiger partial charge in [-0.1, -0.05) is 208 Å². The molecule has 11 rings (SSSR count). The Morgan fingerprint density at radius 3 is 1.30 bits per heavy atom. The minimum Gasteiger partial charge on any atom is -0.374 e. The molecule has 2 bridgehead atoms. The number of ether oxygens (including phenoxy) is 10. The van der Waals surface area contributed by atoms with Gasteiger partial charge in [0.1, 0.15) is 61.0 Å². The van der Waals surface area contributed by atoms with E-state index in [9.17, 15) is 5.53 Å². The summed E-state index contributed by atoms with van der Waals surface area (Å²) in [6.45, 7) is 8.65. The molecule has 77 heavy (non-hydrogen) atoms. The normalized spacial score (nSPS) is 31.9. The van der Waals surface area contributed by atoms with Crippen molar-refractivity contribution < 1.29 is 47.4 Å². The third-order valence-corrected chi connectivity index (χ3v) is 17.3. The number of hydrogen-bond donors (Lipinski definition) is 0. The van der Waals surface area contributed by atoms with Gasteiger partial charge in [0.15, 0.2) is 12.1 Å². The minimum absolute atomic E-state index is 0.0895. The Bertz CT molecular complexity index is 2830. The van der Waals surface area contributed by atoms with E-state index in [-0.39, 0.29) is 43.9 Å². The van der Waals surface area contributed by atoms with Crippen LogP contribution in [0.4, 0.5) is 0 Å². The average molecular weight is 1040 g/mol. The number of benzene rings is 6. The molecule has 0 amide bonds. The molecule has 6 aromatic carbocycles. The van der Waals surface area contributed by atoms with E-state index < -0.39 is 73.1 Å². The number of rotatable bonds is 22. The quantitative estimate of drug-likeness (QED) is 0.0366. The van der Waals surface area contributed by atoms with Gasteiger partial charge in [0.05, 0.1) is 46.2 Å². The van der Waals surface area contributed by atoms with Crippen LogP contribution in [0.15, 0.2) is 187 Å². The second-order valence-electron chi connectivity index (χ2n) is 22.1. The molecule has 5 aliphatic rings. The van der Waals surface area contributed by atoms with Gasteiger partial charge < -0.3 is 47.4 Å². The van der Waals surface area contributed by atoms with Gasteiger partial charge in [0.2, 0.25) is 0 Å². The molecule has 1 spiro atoms. The second kappa shape index (κ2) is 24.1. The van der Waals surface area contributed by atoms with Crippen LogP contribution in [-0.2, 0) is 87.0 Å². The summed E-state index contributed by atoms with van der Waals surface area (Å²) in [5.41, 5.74) is 16.0. The fourth-order valence-corrected chi connectivity index (χ4v) is 12.7. The van der Waals surface area contributed by atoms with Gasteiger partial charge in [-0.2, -0.15) is 0 Å². The molecule has 6 aromatic rings. The van der Waals surface area contributed by atoms with Crippen molar-refractivity contribution in [2.24, 2.45) is 21.9 Å². The van der Waals surface area contributed by atoms with E-state index in [1.807, 2.05) is 170 Å². The summed E-state index contributed by atoms with van der Waals surface area (Å²) in [4.78, 5) is 3.47. The van der Waals surface area contributed by atoms with Crippen molar-refractivity contribution in [1.29, 1.82) is 0 Å². The molecule has 2 aliphatic heterocycles. The number of azide groups is 1. The maximum atomic E-state index is 10.6. The van der Waals surface area contributed by atoms with Crippen LogP contribution in [0.3, 0.4) is 0 Å². The third-order valence-electron chi connectivity index (χ3n) is 17.3. The lowest BCUT2D eigenvalue weighted by molar-refractivity contribution is -0.329. The Morgan fingerprint density at radius 1 is 0.494 bits per heavy atom. The maximum absolute atomic E-state index is 10.6. The molecule has 2 saturated heterocycles.